The quantitative estimate of drug-likeness (QED) is 0.802. The van der Waals surface area contributed by atoms with Crippen molar-refractivity contribution in [1.29, 1.82) is 0 Å². The van der Waals surface area contributed by atoms with Crippen LogP contribution in [0.2, 0.25) is 0 Å². The van der Waals surface area contributed by atoms with E-state index in [-0.39, 0.29) is 6.04 Å². The van der Waals surface area contributed by atoms with Gasteiger partial charge in [0.05, 0.1) is 11.4 Å². The lowest BCUT2D eigenvalue weighted by Crippen LogP contribution is -2.14. The largest absolute Gasteiger partial charge is 0.323 e. The molecule has 0 spiro atoms. The minimum atomic E-state index is 0.0653. The summed E-state index contributed by atoms with van der Waals surface area (Å²) in [5, 5.41) is 4.56. The van der Waals surface area contributed by atoms with Crippen LogP contribution >= 0.6 is 0 Å². The van der Waals surface area contributed by atoms with Gasteiger partial charge in [0.25, 0.3) is 0 Å². The monoisotopic (exact) mass is 195 g/mol. The van der Waals surface area contributed by atoms with Gasteiger partial charge >= 0.3 is 0 Å². The molecule has 1 heterocycles. The highest BCUT2D eigenvalue weighted by Crippen LogP contribution is 2.17. The summed E-state index contributed by atoms with van der Waals surface area (Å²) in [6, 6.07) is 2.59. The maximum absolute atomic E-state index is 5.90. The molecule has 0 fully saturated rings. The van der Waals surface area contributed by atoms with E-state index >= 15 is 0 Å². The van der Waals surface area contributed by atoms with Gasteiger partial charge in [0.15, 0.2) is 0 Å². The van der Waals surface area contributed by atoms with E-state index in [1.54, 1.807) is 0 Å². The third-order valence-corrected chi connectivity index (χ3v) is 2.28. The first-order valence-electron chi connectivity index (χ1n) is 5.40. The minimum absolute atomic E-state index is 0.0653. The standard InChI is InChI=1S/C11H21N3/c1-5-6-10-7-11(9(4)12)14(13-10)8(2)3/h7-9H,5-6,12H2,1-4H3. The lowest BCUT2D eigenvalue weighted by atomic mass is 10.2. The summed E-state index contributed by atoms with van der Waals surface area (Å²) < 4.78 is 2.04. The molecule has 1 aromatic rings. The van der Waals surface area contributed by atoms with Gasteiger partial charge in [-0.05, 0) is 33.3 Å². The molecule has 0 saturated carbocycles. The van der Waals surface area contributed by atoms with Crippen molar-refractivity contribution in [3.63, 3.8) is 0 Å². The van der Waals surface area contributed by atoms with Gasteiger partial charge < -0.3 is 5.73 Å². The Morgan fingerprint density at radius 1 is 1.43 bits per heavy atom. The van der Waals surface area contributed by atoms with E-state index in [9.17, 15) is 0 Å². The van der Waals surface area contributed by atoms with Crippen molar-refractivity contribution in [2.75, 3.05) is 0 Å². The van der Waals surface area contributed by atoms with Crippen LogP contribution in [0.1, 0.15) is 57.6 Å². The molecule has 0 amide bonds. The second-order valence-electron chi connectivity index (χ2n) is 4.14. The van der Waals surface area contributed by atoms with E-state index < -0.39 is 0 Å². The molecule has 2 N–H and O–H groups in total. The van der Waals surface area contributed by atoms with Crippen LogP contribution in [0.4, 0.5) is 0 Å². The second-order valence-corrected chi connectivity index (χ2v) is 4.14. The van der Waals surface area contributed by atoms with Crippen molar-refractivity contribution < 1.29 is 0 Å². The third kappa shape index (κ3) is 2.35. The lowest BCUT2D eigenvalue weighted by molar-refractivity contribution is 0.490. The van der Waals surface area contributed by atoms with E-state index in [0.717, 1.165) is 24.2 Å². The summed E-state index contributed by atoms with van der Waals surface area (Å²) >= 11 is 0. The van der Waals surface area contributed by atoms with Crippen LogP contribution in [0.5, 0.6) is 0 Å². The van der Waals surface area contributed by atoms with Gasteiger partial charge in [-0.2, -0.15) is 5.10 Å². The Kier molecular flexibility index (Phi) is 3.69. The van der Waals surface area contributed by atoms with Gasteiger partial charge in [0.2, 0.25) is 0 Å². The Bertz CT molecular complexity index is 261. The summed E-state index contributed by atoms with van der Waals surface area (Å²) in [6.07, 6.45) is 2.17. The number of hydrogen-bond acceptors (Lipinski definition) is 2. The van der Waals surface area contributed by atoms with Crippen LogP contribution < -0.4 is 5.73 Å². The molecule has 0 bridgehead atoms. The molecule has 80 valence electrons. The number of nitrogens with zero attached hydrogens (tertiary/aromatic N) is 2. The van der Waals surface area contributed by atoms with Crippen LogP contribution in [0.15, 0.2) is 6.07 Å². The minimum Gasteiger partial charge on any atom is -0.323 e. The van der Waals surface area contributed by atoms with Crippen LogP contribution in [0, 0.1) is 0 Å². The fourth-order valence-electron chi connectivity index (χ4n) is 1.59. The first-order chi connectivity index (χ1) is 6.56. The molecule has 3 nitrogen and oxygen atoms in total. The molecule has 0 saturated heterocycles. The van der Waals surface area contributed by atoms with Crippen molar-refractivity contribution in [3.05, 3.63) is 17.5 Å². The zero-order valence-electron chi connectivity index (χ0n) is 9.62. The van der Waals surface area contributed by atoms with Gasteiger partial charge in [-0.15, -0.1) is 0 Å². The van der Waals surface area contributed by atoms with E-state index in [1.165, 1.54) is 0 Å². The maximum Gasteiger partial charge on any atom is 0.0628 e. The van der Waals surface area contributed by atoms with E-state index in [4.69, 9.17) is 5.73 Å². The Hall–Kier alpha value is -0.830. The predicted octanol–water partition coefficient (Wildman–Crippen LogP) is 2.44. The third-order valence-electron chi connectivity index (χ3n) is 2.28. The van der Waals surface area contributed by atoms with Crippen LogP contribution in [0.25, 0.3) is 0 Å². The molecular weight excluding hydrogens is 174 g/mol. The maximum atomic E-state index is 5.90. The second kappa shape index (κ2) is 4.60. The highest BCUT2D eigenvalue weighted by Gasteiger charge is 2.12. The smallest absolute Gasteiger partial charge is 0.0628 e. The summed E-state index contributed by atoms with van der Waals surface area (Å²) in [6.45, 7) is 8.44. The fourth-order valence-corrected chi connectivity index (χ4v) is 1.59. The Morgan fingerprint density at radius 2 is 2.07 bits per heavy atom. The Labute approximate surface area is 86.3 Å². The van der Waals surface area contributed by atoms with Crippen molar-refractivity contribution in [3.8, 4) is 0 Å². The van der Waals surface area contributed by atoms with Crippen LogP contribution in [0.3, 0.4) is 0 Å². The molecule has 1 aromatic heterocycles. The summed E-state index contributed by atoms with van der Waals surface area (Å²) in [4.78, 5) is 0. The van der Waals surface area contributed by atoms with Crippen molar-refractivity contribution in [2.24, 2.45) is 5.73 Å². The van der Waals surface area contributed by atoms with Gasteiger partial charge in [-0.25, -0.2) is 0 Å². The van der Waals surface area contributed by atoms with Crippen molar-refractivity contribution >= 4 is 0 Å². The Morgan fingerprint density at radius 3 is 2.43 bits per heavy atom. The zero-order valence-corrected chi connectivity index (χ0v) is 9.62. The molecule has 0 aromatic carbocycles. The van der Waals surface area contributed by atoms with Crippen molar-refractivity contribution in [1.82, 2.24) is 9.78 Å². The number of aromatic nitrogens is 2. The molecule has 1 atom stereocenters. The lowest BCUT2D eigenvalue weighted by Gasteiger charge is -2.12. The van der Waals surface area contributed by atoms with Gasteiger partial charge in [-0.1, -0.05) is 13.3 Å². The van der Waals surface area contributed by atoms with E-state index in [2.05, 4.69) is 31.9 Å². The summed E-state index contributed by atoms with van der Waals surface area (Å²) in [5.74, 6) is 0. The molecular formula is C11H21N3. The van der Waals surface area contributed by atoms with Gasteiger partial charge in [0.1, 0.15) is 0 Å². The van der Waals surface area contributed by atoms with Crippen LogP contribution in [-0.2, 0) is 6.42 Å². The first kappa shape index (κ1) is 11.2. The fraction of sp³-hybridized carbons (Fsp3) is 0.727. The zero-order chi connectivity index (χ0) is 10.7. The summed E-state index contributed by atoms with van der Waals surface area (Å²) in [5.41, 5.74) is 8.20. The molecule has 1 rings (SSSR count). The average Bonchev–Trinajstić information content (AvgIpc) is 2.49. The Balaban J connectivity index is 3.00. The number of hydrogen-bond donors (Lipinski definition) is 1. The highest BCUT2D eigenvalue weighted by atomic mass is 15.3. The number of rotatable bonds is 4. The summed E-state index contributed by atoms with van der Waals surface area (Å²) in [7, 11) is 0. The first-order valence-corrected chi connectivity index (χ1v) is 5.40. The average molecular weight is 195 g/mol. The topological polar surface area (TPSA) is 43.8 Å². The molecule has 3 heteroatoms. The molecule has 0 aliphatic rings. The number of nitrogens with two attached hydrogens (primary N) is 1. The normalized spacial score (nSPS) is 13.6. The SMILES string of the molecule is CCCc1cc(C(C)N)n(C(C)C)n1. The van der Waals surface area contributed by atoms with Gasteiger partial charge in [0, 0.05) is 12.1 Å². The van der Waals surface area contributed by atoms with Gasteiger partial charge in [-0.3, -0.25) is 4.68 Å². The molecule has 0 aliphatic carbocycles. The van der Waals surface area contributed by atoms with Crippen molar-refractivity contribution in [2.45, 2.75) is 52.6 Å². The van der Waals surface area contributed by atoms with E-state index in [1.807, 2.05) is 11.6 Å². The predicted molar refractivity (Wildman–Crippen MR) is 59.2 cm³/mol. The number of aryl methyl sites for hydroxylation is 1. The molecule has 14 heavy (non-hydrogen) atoms. The van der Waals surface area contributed by atoms with Crippen LogP contribution in [-0.4, -0.2) is 9.78 Å². The highest BCUT2D eigenvalue weighted by molar-refractivity contribution is 5.14. The molecule has 0 aliphatic heterocycles. The molecule has 1 unspecified atom stereocenters. The van der Waals surface area contributed by atoms with E-state index in [0.29, 0.717) is 6.04 Å². The molecule has 0 radical (unpaired) electrons.